The summed E-state index contributed by atoms with van der Waals surface area (Å²) in [4.78, 5) is 14.7. The highest BCUT2D eigenvalue weighted by atomic mass is 16.5. The van der Waals surface area contributed by atoms with Crippen LogP contribution in [-0.2, 0) is 18.3 Å². The number of nitrogens with zero attached hydrogens (tertiary/aromatic N) is 3. The van der Waals surface area contributed by atoms with Crippen LogP contribution in [0.1, 0.15) is 41.9 Å². The van der Waals surface area contributed by atoms with E-state index >= 15 is 0 Å². The Morgan fingerprint density at radius 2 is 2.23 bits per heavy atom. The van der Waals surface area contributed by atoms with Gasteiger partial charge in [-0.25, -0.2) is 0 Å². The second-order valence-electron chi connectivity index (χ2n) is 7.39. The van der Waals surface area contributed by atoms with Crippen molar-refractivity contribution in [1.82, 2.24) is 20.0 Å². The first-order valence-corrected chi connectivity index (χ1v) is 9.31. The number of furan rings is 1. The predicted octanol–water partition coefficient (Wildman–Crippen LogP) is 1.96. The van der Waals surface area contributed by atoms with Crippen LogP contribution in [0.5, 0.6) is 0 Å². The Morgan fingerprint density at radius 1 is 1.38 bits per heavy atom. The maximum Gasteiger partial charge on any atom is 0.287 e. The number of amides is 1. The molecule has 2 fully saturated rings. The van der Waals surface area contributed by atoms with Crippen molar-refractivity contribution < 1.29 is 13.9 Å². The summed E-state index contributed by atoms with van der Waals surface area (Å²) in [6.45, 7) is 3.63. The lowest BCUT2D eigenvalue weighted by atomic mass is 9.82. The van der Waals surface area contributed by atoms with Crippen LogP contribution >= 0.6 is 0 Å². The molecule has 0 radical (unpaired) electrons. The van der Waals surface area contributed by atoms with Gasteiger partial charge in [-0.05, 0) is 43.9 Å². The van der Waals surface area contributed by atoms with Crippen molar-refractivity contribution >= 4 is 5.91 Å². The molecule has 140 valence electrons. The summed E-state index contributed by atoms with van der Waals surface area (Å²) in [5.74, 6) is 0.238. The summed E-state index contributed by atoms with van der Waals surface area (Å²) >= 11 is 0. The standard InChI is InChI=1S/C19H26N4O3/c1-22-16(4-8-20-22)14-23-9-6-19(7-10-23)13-15(5-12-26-19)21-18(24)17-3-2-11-25-17/h2-4,8,11,15H,5-7,9-10,12-14H2,1H3,(H,21,24). The van der Waals surface area contributed by atoms with Crippen molar-refractivity contribution in [3.8, 4) is 0 Å². The molecule has 2 aliphatic heterocycles. The van der Waals surface area contributed by atoms with Gasteiger partial charge in [0.05, 0.1) is 17.6 Å². The molecule has 4 heterocycles. The minimum absolute atomic E-state index is 0.109. The van der Waals surface area contributed by atoms with Crippen LogP contribution in [0.4, 0.5) is 0 Å². The fraction of sp³-hybridized carbons (Fsp3) is 0.579. The highest BCUT2D eigenvalue weighted by Gasteiger charge is 2.40. The lowest BCUT2D eigenvalue weighted by molar-refractivity contribution is -0.119. The minimum atomic E-state index is -0.134. The second kappa shape index (κ2) is 7.25. The molecular formula is C19H26N4O3. The van der Waals surface area contributed by atoms with Crippen molar-refractivity contribution in [2.24, 2.45) is 7.05 Å². The lowest BCUT2D eigenvalue weighted by Gasteiger charge is -2.46. The number of ether oxygens (including phenoxy) is 1. The van der Waals surface area contributed by atoms with Crippen LogP contribution in [-0.4, -0.2) is 51.9 Å². The van der Waals surface area contributed by atoms with Crippen molar-refractivity contribution in [2.75, 3.05) is 19.7 Å². The molecule has 1 spiro atoms. The summed E-state index contributed by atoms with van der Waals surface area (Å²) in [5.41, 5.74) is 1.12. The summed E-state index contributed by atoms with van der Waals surface area (Å²) in [7, 11) is 1.98. The maximum absolute atomic E-state index is 12.2. The molecule has 4 rings (SSSR count). The van der Waals surface area contributed by atoms with Gasteiger partial charge in [0.15, 0.2) is 5.76 Å². The van der Waals surface area contributed by atoms with Gasteiger partial charge < -0.3 is 14.5 Å². The van der Waals surface area contributed by atoms with Crippen molar-refractivity contribution in [3.63, 3.8) is 0 Å². The molecule has 0 aliphatic carbocycles. The molecule has 2 aromatic rings. The number of carbonyl (C=O) groups is 1. The van der Waals surface area contributed by atoms with Gasteiger partial charge >= 0.3 is 0 Å². The molecule has 1 amide bonds. The quantitative estimate of drug-likeness (QED) is 0.904. The fourth-order valence-electron chi connectivity index (χ4n) is 4.07. The number of carbonyl (C=O) groups excluding carboxylic acids is 1. The van der Waals surface area contributed by atoms with E-state index in [4.69, 9.17) is 9.15 Å². The Balaban J connectivity index is 1.31. The number of likely N-dealkylation sites (tertiary alicyclic amines) is 1. The molecule has 1 atom stereocenters. The van der Waals surface area contributed by atoms with E-state index in [9.17, 15) is 4.79 Å². The molecule has 1 unspecified atom stereocenters. The van der Waals surface area contributed by atoms with E-state index in [-0.39, 0.29) is 17.6 Å². The molecule has 2 aliphatic rings. The van der Waals surface area contributed by atoms with E-state index in [1.165, 1.54) is 12.0 Å². The molecule has 2 aromatic heterocycles. The van der Waals surface area contributed by atoms with E-state index in [1.54, 1.807) is 12.1 Å². The molecule has 2 saturated heterocycles. The van der Waals surface area contributed by atoms with E-state index in [1.807, 2.05) is 17.9 Å². The topological polar surface area (TPSA) is 72.5 Å². The highest BCUT2D eigenvalue weighted by Crippen LogP contribution is 2.35. The third-order valence-corrected chi connectivity index (χ3v) is 5.65. The third-order valence-electron chi connectivity index (χ3n) is 5.65. The number of aryl methyl sites for hydroxylation is 1. The monoisotopic (exact) mass is 358 g/mol. The average molecular weight is 358 g/mol. The Labute approximate surface area is 153 Å². The normalized spacial score (nSPS) is 23.2. The van der Waals surface area contributed by atoms with Gasteiger partial charge in [0.25, 0.3) is 5.91 Å². The first-order chi connectivity index (χ1) is 12.6. The second-order valence-corrected chi connectivity index (χ2v) is 7.39. The molecule has 0 saturated carbocycles. The van der Waals surface area contributed by atoms with Crippen molar-refractivity contribution in [2.45, 2.75) is 43.9 Å². The summed E-state index contributed by atoms with van der Waals surface area (Å²) in [5, 5.41) is 7.35. The first kappa shape index (κ1) is 17.3. The van der Waals surface area contributed by atoms with E-state index in [0.717, 1.165) is 45.3 Å². The van der Waals surface area contributed by atoms with Crippen molar-refractivity contribution in [1.29, 1.82) is 0 Å². The van der Waals surface area contributed by atoms with Crippen LogP contribution in [0.2, 0.25) is 0 Å². The van der Waals surface area contributed by atoms with Crippen LogP contribution in [0.25, 0.3) is 0 Å². The zero-order valence-electron chi connectivity index (χ0n) is 15.2. The highest BCUT2D eigenvalue weighted by molar-refractivity contribution is 5.91. The van der Waals surface area contributed by atoms with Gasteiger partial charge in [0, 0.05) is 45.5 Å². The van der Waals surface area contributed by atoms with Crippen molar-refractivity contribution in [3.05, 3.63) is 42.1 Å². The number of aromatic nitrogens is 2. The van der Waals surface area contributed by atoms with Crippen LogP contribution < -0.4 is 5.32 Å². The van der Waals surface area contributed by atoms with E-state index < -0.39 is 0 Å². The number of nitrogens with one attached hydrogen (secondary N) is 1. The fourth-order valence-corrected chi connectivity index (χ4v) is 4.07. The van der Waals surface area contributed by atoms with Crippen LogP contribution in [0, 0.1) is 0 Å². The van der Waals surface area contributed by atoms with Gasteiger partial charge in [0.1, 0.15) is 0 Å². The SMILES string of the molecule is Cn1nccc1CN1CCC2(CC1)CC(NC(=O)c1ccco1)CCO2. The van der Waals surface area contributed by atoms with Crippen LogP contribution in [0.3, 0.4) is 0 Å². The minimum Gasteiger partial charge on any atom is -0.459 e. The summed E-state index contributed by atoms with van der Waals surface area (Å²) < 4.78 is 13.3. The largest absolute Gasteiger partial charge is 0.459 e. The average Bonchev–Trinajstić information content (AvgIpc) is 3.30. The third kappa shape index (κ3) is 3.68. The van der Waals surface area contributed by atoms with Gasteiger partial charge in [0.2, 0.25) is 0 Å². The Hall–Kier alpha value is -2.12. The van der Waals surface area contributed by atoms with E-state index in [0.29, 0.717) is 12.4 Å². The number of hydrogen-bond acceptors (Lipinski definition) is 5. The first-order valence-electron chi connectivity index (χ1n) is 9.31. The molecule has 0 aromatic carbocycles. The Bertz CT molecular complexity index is 732. The zero-order valence-corrected chi connectivity index (χ0v) is 15.2. The predicted molar refractivity (Wildman–Crippen MR) is 95.6 cm³/mol. The number of hydrogen-bond donors (Lipinski definition) is 1. The smallest absolute Gasteiger partial charge is 0.287 e. The van der Waals surface area contributed by atoms with Gasteiger partial charge in [-0.15, -0.1) is 0 Å². The Kier molecular flexibility index (Phi) is 4.82. The van der Waals surface area contributed by atoms with Gasteiger partial charge in [-0.2, -0.15) is 5.10 Å². The van der Waals surface area contributed by atoms with Gasteiger partial charge in [-0.3, -0.25) is 14.4 Å². The summed E-state index contributed by atoms with van der Waals surface area (Å²) in [6.07, 6.45) is 7.09. The molecule has 0 bridgehead atoms. The molecule has 7 heteroatoms. The zero-order chi connectivity index (χ0) is 18.0. The maximum atomic E-state index is 12.2. The van der Waals surface area contributed by atoms with Crippen LogP contribution in [0.15, 0.2) is 35.1 Å². The van der Waals surface area contributed by atoms with E-state index in [2.05, 4.69) is 21.4 Å². The number of piperidine rings is 1. The Morgan fingerprint density at radius 3 is 2.92 bits per heavy atom. The molecule has 1 N–H and O–H groups in total. The molecule has 26 heavy (non-hydrogen) atoms. The molecular weight excluding hydrogens is 332 g/mol. The molecule has 7 nitrogen and oxygen atoms in total. The lowest BCUT2D eigenvalue weighted by Crippen LogP contribution is -2.53. The number of rotatable bonds is 4. The van der Waals surface area contributed by atoms with Gasteiger partial charge in [-0.1, -0.05) is 0 Å². The summed E-state index contributed by atoms with van der Waals surface area (Å²) in [6, 6.07) is 5.64.